The predicted molar refractivity (Wildman–Crippen MR) is 137 cm³/mol. The van der Waals surface area contributed by atoms with Gasteiger partial charge in [0.05, 0.1) is 11.1 Å². The van der Waals surface area contributed by atoms with E-state index < -0.39 is 36.7 Å². The molecular formula is C26H34N4O8. The summed E-state index contributed by atoms with van der Waals surface area (Å²) in [5.41, 5.74) is 0.738. The molecule has 38 heavy (non-hydrogen) atoms. The van der Waals surface area contributed by atoms with Crippen LogP contribution in [0.3, 0.4) is 0 Å². The molecule has 0 aliphatic carbocycles. The van der Waals surface area contributed by atoms with Gasteiger partial charge in [0.25, 0.3) is 0 Å². The predicted octanol–water partition coefficient (Wildman–Crippen LogP) is 2.02. The highest BCUT2D eigenvalue weighted by molar-refractivity contribution is 5.89. The highest BCUT2D eigenvalue weighted by Crippen LogP contribution is 2.05. The zero-order valence-corrected chi connectivity index (χ0v) is 21.4. The van der Waals surface area contributed by atoms with Gasteiger partial charge in [-0.05, 0) is 24.3 Å². The zero-order valence-electron chi connectivity index (χ0n) is 21.4. The number of amides is 2. The molecule has 2 aromatic rings. The molecule has 206 valence electrons. The summed E-state index contributed by atoms with van der Waals surface area (Å²) in [6.45, 7) is 5.80. The van der Waals surface area contributed by atoms with Gasteiger partial charge in [0.1, 0.15) is 0 Å². The Morgan fingerprint density at radius 1 is 0.553 bits per heavy atom. The van der Waals surface area contributed by atoms with E-state index in [0.717, 1.165) is 0 Å². The number of carbonyl (C=O) groups excluding carboxylic acids is 4. The molecule has 0 heterocycles. The minimum absolute atomic E-state index is 0.318. The van der Waals surface area contributed by atoms with Gasteiger partial charge in [-0.1, -0.05) is 36.4 Å². The Labute approximate surface area is 221 Å². The van der Waals surface area contributed by atoms with Crippen molar-refractivity contribution in [1.82, 2.24) is 21.3 Å². The molecule has 12 heteroatoms. The Balaban J connectivity index is 1.41. The Morgan fingerprint density at radius 3 is 1.26 bits per heavy atom. The smallest absolute Gasteiger partial charge is 0.410 e. The lowest BCUT2D eigenvalue weighted by atomic mass is 10.2. The summed E-state index contributed by atoms with van der Waals surface area (Å²) < 4.78 is 20.1. The van der Waals surface area contributed by atoms with Gasteiger partial charge in [-0.25, -0.2) is 19.2 Å². The lowest BCUT2D eigenvalue weighted by molar-refractivity contribution is -0.0613. The van der Waals surface area contributed by atoms with Crippen LogP contribution in [0.1, 0.15) is 34.6 Å². The van der Waals surface area contributed by atoms with E-state index in [-0.39, 0.29) is 0 Å². The van der Waals surface area contributed by atoms with Crippen LogP contribution in [0.25, 0.3) is 0 Å². The van der Waals surface area contributed by atoms with Gasteiger partial charge in [-0.15, -0.1) is 0 Å². The van der Waals surface area contributed by atoms with Crippen LogP contribution >= 0.6 is 0 Å². The molecule has 0 aliphatic rings. The molecule has 0 saturated heterocycles. The van der Waals surface area contributed by atoms with Crippen molar-refractivity contribution in [1.29, 1.82) is 0 Å². The van der Waals surface area contributed by atoms with Gasteiger partial charge < -0.3 is 40.2 Å². The van der Waals surface area contributed by atoms with Crippen molar-refractivity contribution in [3.05, 3.63) is 71.8 Å². The highest BCUT2D eigenvalue weighted by Gasteiger charge is 2.16. The summed E-state index contributed by atoms with van der Waals surface area (Å²) in [6.07, 6.45) is -3.45. The molecule has 4 N–H and O–H groups in total. The average molecular weight is 531 g/mol. The van der Waals surface area contributed by atoms with Crippen LogP contribution in [0, 0.1) is 0 Å². The molecule has 0 spiro atoms. The van der Waals surface area contributed by atoms with Gasteiger partial charge in [0.15, 0.2) is 0 Å². The van der Waals surface area contributed by atoms with Crippen molar-refractivity contribution in [3.8, 4) is 0 Å². The van der Waals surface area contributed by atoms with E-state index in [4.69, 9.17) is 18.9 Å². The van der Waals surface area contributed by atoms with Gasteiger partial charge in [-0.3, -0.25) is 0 Å². The monoisotopic (exact) mass is 530 g/mol. The van der Waals surface area contributed by atoms with Gasteiger partial charge >= 0.3 is 24.1 Å². The molecule has 2 atom stereocenters. The van der Waals surface area contributed by atoms with Crippen LogP contribution in [0.2, 0.25) is 0 Å². The van der Waals surface area contributed by atoms with Crippen LogP contribution in [0.5, 0.6) is 0 Å². The number of carbonyl (C=O) groups is 4. The Bertz CT molecular complexity index is 925. The van der Waals surface area contributed by atoms with Gasteiger partial charge in [0, 0.05) is 53.1 Å². The number of hydrogen-bond donors (Lipinski definition) is 4. The van der Waals surface area contributed by atoms with Crippen LogP contribution in [0.15, 0.2) is 60.7 Å². The quantitative estimate of drug-likeness (QED) is 0.153. The molecule has 0 unspecified atom stereocenters. The van der Waals surface area contributed by atoms with Crippen molar-refractivity contribution in [3.63, 3.8) is 0 Å². The highest BCUT2D eigenvalue weighted by atomic mass is 16.7. The molecule has 0 saturated carbocycles. The molecule has 2 amide bonds. The second kappa shape index (κ2) is 17.3. The molecule has 2 aromatic carbocycles. The van der Waals surface area contributed by atoms with Crippen molar-refractivity contribution in [2.24, 2.45) is 0 Å². The fourth-order valence-corrected chi connectivity index (χ4v) is 2.95. The molecular weight excluding hydrogens is 496 g/mol. The van der Waals surface area contributed by atoms with E-state index in [1.807, 2.05) is 0 Å². The standard InChI is InChI=1S/C26H34N4O8/c1-19(35-23(31)21-9-5-3-6-10-21)37-25(33)29-17-15-27-13-14-28-16-18-30-26(34)38-20(2)36-24(32)22-11-7-4-8-12-22/h3-12,19-20,27-28H,13-18H2,1-2H3,(H,29,33)(H,30,34)/t19-,20-/m1/s1. The summed E-state index contributed by atoms with van der Waals surface area (Å²) in [5, 5.41) is 11.4. The topological polar surface area (TPSA) is 153 Å². The first kappa shape index (κ1) is 30.1. The number of benzene rings is 2. The number of ether oxygens (including phenoxy) is 4. The normalized spacial score (nSPS) is 11.9. The first-order valence-electron chi connectivity index (χ1n) is 12.2. The largest absolute Gasteiger partial charge is 0.422 e. The number of alkyl carbamates (subject to hydrolysis) is 2. The molecule has 0 aromatic heterocycles. The van der Waals surface area contributed by atoms with Crippen LogP contribution in [-0.4, -0.2) is 76.0 Å². The van der Waals surface area contributed by atoms with Crippen LogP contribution in [-0.2, 0) is 18.9 Å². The third kappa shape index (κ3) is 12.7. The number of nitrogens with one attached hydrogen (secondary N) is 4. The summed E-state index contributed by atoms with van der Waals surface area (Å²) in [5.74, 6) is -1.16. The molecule has 0 aliphatic heterocycles. The third-order valence-electron chi connectivity index (χ3n) is 4.73. The Morgan fingerprint density at radius 2 is 0.895 bits per heavy atom. The van der Waals surface area contributed by atoms with Crippen molar-refractivity contribution < 1.29 is 38.1 Å². The summed E-state index contributed by atoms with van der Waals surface area (Å²) in [4.78, 5) is 47.4. The van der Waals surface area contributed by atoms with Crippen LogP contribution < -0.4 is 21.3 Å². The summed E-state index contributed by atoms with van der Waals surface area (Å²) in [7, 11) is 0. The van der Waals surface area contributed by atoms with E-state index in [1.165, 1.54) is 13.8 Å². The molecule has 0 radical (unpaired) electrons. The third-order valence-corrected chi connectivity index (χ3v) is 4.73. The second-order valence-corrected chi connectivity index (χ2v) is 7.84. The SMILES string of the molecule is C[C@@H](OC(=O)NCCNCCNCCNC(=O)O[C@H](C)OC(=O)c1ccccc1)OC(=O)c1ccccc1. The van der Waals surface area contributed by atoms with Gasteiger partial charge in [-0.2, -0.15) is 0 Å². The van der Waals surface area contributed by atoms with Gasteiger partial charge in [0.2, 0.25) is 12.6 Å². The van der Waals surface area contributed by atoms with E-state index in [2.05, 4.69) is 21.3 Å². The number of esters is 2. The maximum atomic E-state index is 11.9. The maximum Gasteiger partial charge on any atom is 0.410 e. The Kier molecular flexibility index (Phi) is 13.7. The van der Waals surface area contributed by atoms with E-state index in [0.29, 0.717) is 50.4 Å². The molecule has 0 bridgehead atoms. The fraction of sp³-hybridized carbons (Fsp3) is 0.385. The number of rotatable bonds is 15. The zero-order chi connectivity index (χ0) is 27.6. The van der Waals surface area contributed by atoms with Crippen molar-refractivity contribution >= 4 is 24.1 Å². The van der Waals surface area contributed by atoms with E-state index >= 15 is 0 Å². The Hall–Kier alpha value is -4.16. The lowest BCUT2D eigenvalue weighted by Crippen LogP contribution is -2.38. The van der Waals surface area contributed by atoms with E-state index in [9.17, 15) is 19.2 Å². The second-order valence-electron chi connectivity index (χ2n) is 7.84. The maximum absolute atomic E-state index is 11.9. The van der Waals surface area contributed by atoms with Crippen molar-refractivity contribution in [2.75, 3.05) is 39.3 Å². The average Bonchev–Trinajstić information content (AvgIpc) is 2.90. The number of hydrogen-bond acceptors (Lipinski definition) is 10. The minimum Gasteiger partial charge on any atom is -0.422 e. The molecule has 2 rings (SSSR count). The lowest BCUT2D eigenvalue weighted by Gasteiger charge is -2.15. The molecule has 0 fully saturated rings. The molecule has 12 nitrogen and oxygen atoms in total. The van der Waals surface area contributed by atoms with E-state index in [1.54, 1.807) is 60.7 Å². The van der Waals surface area contributed by atoms with Crippen molar-refractivity contribution in [2.45, 2.75) is 26.4 Å². The fourth-order valence-electron chi connectivity index (χ4n) is 2.95. The summed E-state index contributed by atoms with van der Waals surface area (Å²) in [6, 6.07) is 16.8. The minimum atomic E-state index is -1.03. The first-order chi connectivity index (χ1) is 18.3. The van der Waals surface area contributed by atoms with Crippen LogP contribution in [0.4, 0.5) is 9.59 Å². The first-order valence-corrected chi connectivity index (χ1v) is 12.2. The summed E-state index contributed by atoms with van der Waals surface area (Å²) >= 11 is 0.